The number of H-pyrrole nitrogens is 1. The Balaban J connectivity index is 1.36. The molecule has 2 aliphatic rings. The van der Waals surface area contributed by atoms with Crippen molar-refractivity contribution in [2.75, 3.05) is 19.6 Å². The van der Waals surface area contributed by atoms with E-state index in [4.69, 9.17) is 0 Å². The van der Waals surface area contributed by atoms with Gasteiger partial charge in [-0.05, 0) is 50.3 Å². The number of aromatic nitrogens is 3. The zero-order chi connectivity index (χ0) is 20.2. The predicted molar refractivity (Wildman–Crippen MR) is 109 cm³/mol. The average molecular weight is 397 g/mol. The second-order valence-corrected chi connectivity index (χ2v) is 7.86. The number of nitrogens with one attached hydrogen (secondary N) is 2. The molecular weight excluding hydrogens is 370 g/mol. The molecule has 0 aromatic carbocycles. The van der Waals surface area contributed by atoms with Crippen LogP contribution in [-0.2, 0) is 19.4 Å². The lowest BCUT2D eigenvalue weighted by Crippen LogP contribution is -2.48. The number of fused-ring (bicyclic) bond motifs is 1. The summed E-state index contributed by atoms with van der Waals surface area (Å²) >= 11 is 0. The second-order valence-electron chi connectivity index (χ2n) is 7.86. The second kappa shape index (κ2) is 8.73. The Morgan fingerprint density at radius 2 is 2.07 bits per heavy atom. The van der Waals surface area contributed by atoms with Crippen molar-refractivity contribution in [1.82, 2.24) is 25.0 Å². The quantitative estimate of drug-likeness (QED) is 0.748. The van der Waals surface area contributed by atoms with Crippen molar-refractivity contribution in [3.63, 3.8) is 0 Å². The Hall–Kier alpha value is -2.74. The number of hydrogen-bond acceptors (Lipinski definition) is 5. The molecule has 1 amide bonds. The van der Waals surface area contributed by atoms with Crippen LogP contribution < -0.4 is 16.4 Å². The molecule has 1 aliphatic carbocycles. The van der Waals surface area contributed by atoms with Crippen molar-refractivity contribution in [3.8, 4) is 0 Å². The van der Waals surface area contributed by atoms with Crippen LogP contribution in [0.15, 0.2) is 33.9 Å². The highest BCUT2D eigenvalue weighted by atomic mass is 16.2. The largest absolute Gasteiger partial charge is 0.349 e. The van der Waals surface area contributed by atoms with Gasteiger partial charge in [-0.2, -0.15) is 5.10 Å². The summed E-state index contributed by atoms with van der Waals surface area (Å²) in [5.41, 5.74) is 2.12. The van der Waals surface area contributed by atoms with Crippen LogP contribution in [0.3, 0.4) is 0 Å². The van der Waals surface area contributed by atoms with E-state index in [1.807, 2.05) is 0 Å². The first-order chi connectivity index (χ1) is 14.1. The topological polar surface area (TPSA) is 100 Å². The molecule has 3 heterocycles. The minimum Gasteiger partial charge on any atom is -0.349 e. The minimum atomic E-state index is -0.288. The number of nitrogens with zero attached hydrogens (tertiary/aromatic N) is 3. The number of piperidine rings is 1. The molecule has 8 nitrogen and oxygen atoms in total. The van der Waals surface area contributed by atoms with Gasteiger partial charge in [0.1, 0.15) is 5.69 Å². The minimum absolute atomic E-state index is 0.0273. The summed E-state index contributed by atoms with van der Waals surface area (Å²) in [6, 6.07) is 6.51. The number of pyridine rings is 1. The maximum absolute atomic E-state index is 12.3. The molecule has 1 saturated heterocycles. The molecule has 0 radical (unpaired) electrons. The summed E-state index contributed by atoms with van der Waals surface area (Å²) in [7, 11) is 0. The monoisotopic (exact) mass is 397 g/mol. The summed E-state index contributed by atoms with van der Waals surface area (Å²) in [4.78, 5) is 40.9. The van der Waals surface area contributed by atoms with Crippen LogP contribution in [0.1, 0.15) is 47.4 Å². The van der Waals surface area contributed by atoms with E-state index < -0.39 is 0 Å². The van der Waals surface area contributed by atoms with E-state index in [1.54, 1.807) is 22.9 Å². The van der Waals surface area contributed by atoms with E-state index in [1.165, 1.54) is 6.07 Å². The van der Waals surface area contributed by atoms with Gasteiger partial charge in [-0.3, -0.25) is 19.3 Å². The number of aryl methyl sites for hydroxylation is 2. The maximum atomic E-state index is 12.3. The lowest BCUT2D eigenvalue weighted by Gasteiger charge is -2.35. The summed E-state index contributed by atoms with van der Waals surface area (Å²) in [6.45, 7) is 2.75. The fourth-order valence-corrected chi connectivity index (χ4v) is 4.29. The molecule has 1 unspecified atom stereocenters. The molecule has 8 heteroatoms. The number of likely N-dealkylation sites (tertiary alicyclic amines) is 1. The predicted octanol–water partition coefficient (Wildman–Crippen LogP) is 0.705. The molecule has 4 rings (SSSR count). The van der Waals surface area contributed by atoms with Gasteiger partial charge in [0, 0.05) is 31.3 Å². The van der Waals surface area contributed by atoms with Crippen molar-refractivity contribution < 1.29 is 4.79 Å². The first-order valence-electron chi connectivity index (χ1n) is 10.4. The van der Waals surface area contributed by atoms with Crippen LogP contribution in [0.25, 0.3) is 0 Å². The van der Waals surface area contributed by atoms with E-state index in [0.29, 0.717) is 13.1 Å². The summed E-state index contributed by atoms with van der Waals surface area (Å²) < 4.78 is 1.59. The van der Waals surface area contributed by atoms with Crippen molar-refractivity contribution >= 4 is 5.91 Å². The number of carbonyl (C=O) groups excluding carboxylic acids is 1. The Labute approximate surface area is 168 Å². The first kappa shape index (κ1) is 19.6. The number of carbonyl (C=O) groups is 1. The van der Waals surface area contributed by atoms with Gasteiger partial charge in [0.05, 0.1) is 12.2 Å². The van der Waals surface area contributed by atoms with Crippen LogP contribution in [0.5, 0.6) is 0 Å². The normalized spacial score (nSPS) is 19.1. The van der Waals surface area contributed by atoms with Gasteiger partial charge in [0.15, 0.2) is 0 Å². The molecule has 1 aliphatic heterocycles. The van der Waals surface area contributed by atoms with Gasteiger partial charge in [-0.1, -0.05) is 12.5 Å². The molecule has 0 bridgehead atoms. The van der Waals surface area contributed by atoms with Crippen LogP contribution >= 0.6 is 0 Å². The maximum Gasteiger partial charge on any atom is 0.267 e. The highest BCUT2D eigenvalue weighted by molar-refractivity contribution is 5.92. The van der Waals surface area contributed by atoms with E-state index in [9.17, 15) is 14.4 Å². The molecular formula is C21H27N5O3. The van der Waals surface area contributed by atoms with Gasteiger partial charge < -0.3 is 10.3 Å². The highest BCUT2D eigenvalue weighted by Gasteiger charge is 2.23. The van der Waals surface area contributed by atoms with Gasteiger partial charge >= 0.3 is 0 Å². The molecule has 1 atom stereocenters. The highest BCUT2D eigenvalue weighted by Crippen LogP contribution is 2.18. The third kappa shape index (κ3) is 4.64. The molecule has 154 valence electrons. The Morgan fingerprint density at radius 3 is 2.93 bits per heavy atom. The van der Waals surface area contributed by atoms with E-state index in [2.05, 4.69) is 20.3 Å². The fraction of sp³-hybridized carbons (Fsp3) is 0.524. The first-order valence-corrected chi connectivity index (χ1v) is 10.4. The molecule has 29 heavy (non-hydrogen) atoms. The SMILES string of the molecule is O=C(NCC1CCCCN1CCn1nc2c(cc1=O)CCC2)c1cccc(=O)[nH]1. The zero-order valence-electron chi connectivity index (χ0n) is 16.5. The third-order valence-corrected chi connectivity index (χ3v) is 5.88. The van der Waals surface area contributed by atoms with E-state index in [-0.39, 0.29) is 28.8 Å². The van der Waals surface area contributed by atoms with E-state index >= 15 is 0 Å². The molecule has 2 aromatic rings. The zero-order valence-corrected chi connectivity index (χ0v) is 16.5. The average Bonchev–Trinajstić information content (AvgIpc) is 3.18. The van der Waals surface area contributed by atoms with Crippen LogP contribution in [0.4, 0.5) is 0 Å². The van der Waals surface area contributed by atoms with Gasteiger partial charge in [-0.25, -0.2) is 4.68 Å². The van der Waals surface area contributed by atoms with Gasteiger partial charge in [-0.15, -0.1) is 0 Å². The van der Waals surface area contributed by atoms with Gasteiger partial charge in [0.2, 0.25) is 5.56 Å². The van der Waals surface area contributed by atoms with Crippen molar-refractivity contribution in [1.29, 1.82) is 0 Å². The number of amides is 1. The van der Waals surface area contributed by atoms with Crippen LogP contribution in [0, 0.1) is 0 Å². The van der Waals surface area contributed by atoms with Crippen molar-refractivity contribution in [2.45, 2.75) is 51.1 Å². The number of rotatable bonds is 6. The van der Waals surface area contributed by atoms with Crippen LogP contribution in [-0.4, -0.2) is 51.2 Å². The Bertz CT molecular complexity index is 996. The smallest absolute Gasteiger partial charge is 0.267 e. The Kier molecular flexibility index (Phi) is 5.89. The molecule has 0 spiro atoms. The molecule has 2 aromatic heterocycles. The number of hydrogen-bond donors (Lipinski definition) is 2. The molecule has 1 fully saturated rings. The fourth-order valence-electron chi connectivity index (χ4n) is 4.29. The van der Waals surface area contributed by atoms with E-state index in [0.717, 1.165) is 62.9 Å². The third-order valence-electron chi connectivity index (χ3n) is 5.88. The summed E-state index contributed by atoms with van der Waals surface area (Å²) in [6.07, 6.45) is 6.22. The lowest BCUT2D eigenvalue weighted by atomic mass is 10.0. The van der Waals surface area contributed by atoms with Crippen molar-refractivity contribution in [3.05, 3.63) is 61.9 Å². The lowest BCUT2D eigenvalue weighted by molar-refractivity contribution is 0.0904. The standard InChI is InChI=1S/C21H27N5O3/c27-19-9-4-8-18(23-19)21(29)22-14-16-6-1-2-10-25(16)11-12-26-20(28)13-15-5-3-7-17(15)24-26/h4,8-9,13,16H,1-3,5-7,10-12,14H2,(H,22,29)(H,23,27). The summed E-state index contributed by atoms with van der Waals surface area (Å²) in [5.74, 6) is -0.273. The Morgan fingerprint density at radius 1 is 1.17 bits per heavy atom. The van der Waals surface area contributed by atoms with Gasteiger partial charge in [0.25, 0.3) is 11.5 Å². The van der Waals surface area contributed by atoms with Crippen LogP contribution in [0.2, 0.25) is 0 Å². The summed E-state index contributed by atoms with van der Waals surface area (Å²) in [5, 5.41) is 7.49. The van der Waals surface area contributed by atoms with Crippen molar-refractivity contribution in [2.24, 2.45) is 0 Å². The number of aromatic amines is 1. The molecule has 2 N–H and O–H groups in total. The molecule has 0 saturated carbocycles.